The van der Waals surface area contributed by atoms with Crippen LogP contribution < -0.4 is 9.54 Å². The van der Waals surface area contributed by atoms with Crippen LogP contribution in [-0.4, -0.2) is 42.7 Å². The summed E-state index contributed by atoms with van der Waals surface area (Å²) in [6.07, 6.45) is 2.31. The predicted octanol–water partition coefficient (Wildman–Crippen LogP) is 4.22. The van der Waals surface area contributed by atoms with Crippen LogP contribution in [0.3, 0.4) is 0 Å². The molecular formula is C21H22N2O4S3. The average molecular weight is 463 g/mol. The van der Waals surface area contributed by atoms with Crippen molar-refractivity contribution in [2.45, 2.75) is 22.8 Å². The molecule has 3 aromatic rings. The Kier molecular flexibility index (Phi) is 8.01. The quantitative estimate of drug-likeness (QED) is 0.369. The Bertz CT molecular complexity index is 1100. The summed E-state index contributed by atoms with van der Waals surface area (Å²) in [6, 6.07) is 13.7. The molecule has 1 heterocycles. The van der Waals surface area contributed by atoms with Crippen LogP contribution in [0.5, 0.6) is 5.75 Å². The Morgan fingerprint density at radius 2 is 1.83 bits per heavy atom. The number of hydrogen-bond donors (Lipinski definition) is 0. The molecule has 1 aromatic heterocycles. The van der Waals surface area contributed by atoms with Crippen molar-refractivity contribution in [2.75, 3.05) is 26.2 Å². The maximum Gasteiger partial charge on any atom is 0.325 e. The lowest BCUT2D eigenvalue weighted by Crippen LogP contribution is -2.22. The number of esters is 1. The molecule has 0 bridgehead atoms. The van der Waals surface area contributed by atoms with Gasteiger partial charge in [0.15, 0.2) is 4.80 Å². The third kappa shape index (κ3) is 5.68. The molecule has 0 spiro atoms. The first-order valence-corrected chi connectivity index (χ1v) is 12.2. The summed E-state index contributed by atoms with van der Waals surface area (Å²) in [5.74, 6) is 0.821. The van der Waals surface area contributed by atoms with Gasteiger partial charge in [0.2, 0.25) is 5.91 Å². The second kappa shape index (κ2) is 10.7. The highest BCUT2D eigenvalue weighted by molar-refractivity contribution is 7.99. The van der Waals surface area contributed by atoms with E-state index in [9.17, 15) is 9.59 Å². The van der Waals surface area contributed by atoms with Crippen LogP contribution in [0.1, 0.15) is 6.42 Å². The average Bonchev–Trinajstić information content (AvgIpc) is 3.09. The second-order valence-corrected chi connectivity index (χ2v) is 9.22. The number of thioether (sulfide) groups is 2. The van der Waals surface area contributed by atoms with Crippen LogP contribution in [0.15, 0.2) is 57.2 Å². The van der Waals surface area contributed by atoms with E-state index >= 15 is 0 Å². The minimum atomic E-state index is -0.382. The van der Waals surface area contributed by atoms with Gasteiger partial charge in [-0.15, -0.1) is 23.5 Å². The smallest absolute Gasteiger partial charge is 0.325 e. The molecule has 0 aliphatic carbocycles. The number of benzene rings is 2. The van der Waals surface area contributed by atoms with Crippen molar-refractivity contribution in [3.63, 3.8) is 0 Å². The van der Waals surface area contributed by atoms with Gasteiger partial charge < -0.3 is 14.0 Å². The first-order valence-electron chi connectivity index (χ1n) is 9.12. The van der Waals surface area contributed by atoms with E-state index in [0.717, 1.165) is 25.8 Å². The van der Waals surface area contributed by atoms with Gasteiger partial charge >= 0.3 is 5.97 Å². The van der Waals surface area contributed by atoms with Crippen LogP contribution in [0.25, 0.3) is 10.2 Å². The summed E-state index contributed by atoms with van der Waals surface area (Å²) >= 11 is 4.63. The number of carbonyl (C=O) groups is 2. The van der Waals surface area contributed by atoms with Gasteiger partial charge in [0.05, 0.1) is 24.4 Å². The standard InChI is InChI=1S/C21H22N2O4S3/c1-26-14-4-6-15(7-5-14)29-11-10-19(24)22-21-23(13-20(25)27-2)17-9-8-16(28-3)12-18(17)30-21/h4-9,12H,10-11,13H2,1-3H3. The zero-order chi connectivity index (χ0) is 21.5. The minimum Gasteiger partial charge on any atom is -0.497 e. The van der Waals surface area contributed by atoms with E-state index in [0.29, 0.717) is 17.0 Å². The first kappa shape index (κ1) is 22.5. The van der Waals surface area contributed by atoms with Gasteiger partial charge in [0.25, 0.3) is 0 Å². The van der Waals surface area contributed by atoms with E-state index in [1.165, 1.54) is 18.4 Å². The third-order valence-electron chi connectivity index (χ3n) is 4.27. The van der Waals surface area contributed by atoms with Crippen molar-refractivity contribution < 1.29 is 19.1 Å². The normalized spacial score (nSPS) is 11.6. The molecule has 0 atom stereocenters. The lowest BCUT2D eigenvalue weighted by Gasteiger charge is -2.04. The van der Waals surface area contributed by atoms with Gasteiger partial charge in [-0.3, -0.25) is 9.59 Å². The summed E-state index contributed by atoms with van der Waals surface area (Å²) < 4.78 is 12.7. The summed E-state index contributed by atoms with van der Waals surface area (Å²) in [6.45, 7) is 0.0157. The van der Waals surface area contributed by atoms with E-state index in [1.807, 2.05) is 48.7 Å². The second-order valence-electron chi connectivity index (χ2n) is 6.16. The van der Waals surface area contributed by atoms with Gasteiger partial charge in [0, 0.05) is 22.0 Å². The Labute approximate surface area is 187 Å². The molecular weight excluding hydrogens is 440 g/mol. The third-order valence-corrected chi connectivity index (χ3v) is 7.05. The molecule has 0 saturated carbocycles. The molecule has 0 saturated heterocycles. The molecule has 0 radical (unpaired) electrons. The number of ether oxygens (including phenoxy) is 2. The maximum atomic E-state index is 12.5. The fourth-order valence-corrected chi connectivity index (χ4v) is 5.14. The van der Waals surface area contributed by atoms with E-state index in [4.69, 9.17) is 9.47 Å². The van der Waals surface area contributed by atoms with Crippen LogP contribution >= 0.6 is 34.9 Å². The topological polar surface area (TPSA) is 69.9 Å². The van der Waals surface area contributed by atoms with Gasteiger partial charge in [-0.2, -0.15) is 4.99 Å². The zero-order valence-electron chi connectivity index (χ0n) is 16.9. The van der Waals surface area contributed by atoms with E-state index in [1.54, 1.807) is 35.2 Å². The van der Waals surface area contributed by atoms with Crippen LogP contribution in [-0.2, 0) is 20.9 Å². The number of fused-ring (bicyclic) bond motifs is 1. The van der Waals surface area contributed by atoms with Gasteiger partial charge in [-0.05, 0) is 48.7 Å². The molecule has 158 valence electrons. The summed E-state index contributed by atoms with van der Waals surface area (Å²) in [5.41, 5.74) is 0.863. The van der Waals surface area contributed by atoms with Crippen LogP contribution in [0.4, 0.5) is 0 Å². The van der Waals surface area contributed by atoms with Gasteiger partial charge in [-0.25, -0.2) is 0 Å². The number of rotatable bonds is 8. The van der Waals surface area contributed by atoms with E-state index < -0.39 is 0 Å². The summed E-state index contributed by atoms with van der Waals surface area (Å²) in [5, 5.41) is 0. The fraction of sp³-hybridized carbons (Fsp3) is 0.286. The number of thiazole rings is 1. The Balaban J connectivity index is 1.77. The number of nitrogens with zero attached hydrogens (tertiary/aromatic N) is 2. The Morgan fingerprint density at radius 3 is 2.50 bits per heavy atom. The highest BCUT2D eigenvalue weighted by atomic mass is 32.2. The van der Waals surface area contributed by atoms with Crippen LogP contribution in [0, 0.1) is 0 Å². The summed E-state index contributed by atoms with van der Waals surface area (Å²) in [4.78, 5) is 31.3. The maximum absolute atomic E-state index is 12.5. The van der Waals surface area contributed by atoms with Gasteiger partial charge in [0.1, 0.15) is 12.3 Å². The van der Waals surface area contributed by atoms with E-state index in [-0.39, 0.29) is 18.4 Å². The van der Waals surface area contributed by atoms with Crippen molar-refractivity contribution in [3.05, 3.63) is 47.3 Å². The molecule has 3 rings (SSSR count). The van der Waals surface area contributed by atoms with Crippen molar-refractivity contribution in [2.24, 2.45) is 4.99 Å². The Hall–Kier alpha value is -2.23. The SMILES string of the molecule is COC(=O)Cn1c(=NC(=O)CCSc2ccc(OC)cc2)sc2cc(SC)ccc21. The monoisotopic (exact) mass is 462 g/mol. The number of carbonyl (C=O) groups excluding carboxylic acids is 2. The molecule has 30 heavy (non-hydrogen) atoms. The zero-order valence-corrected chi connectivity index (χ0v) is 19.4. The molecule has 0 fully saturated rings. The molecule has 2 aromatic carbocycles. The van der Waals surface area contributed by atoms with Crippen molar-refractivity contribution in [1.82, 2.24) is 4.57 Å². The largest absolute Gasteiger partial charge is 0.497 e. The lowest BCUT2D eigenvalue weighted by molar-refractivity contribution is -0.141. The number of amides is 1. The molecule has 0 aliphatic heterocycles. The van der Waals surface area contributed by atoms with E-state index in [2.05, 4.69) is 4.99 Å². The molecule has 0 unspecified atom stereocenters. The molecule has 6 nitrogen and oxygen atoms in total. The Morgan fingerprint density at radius 1 is 1.10 bits per heavy atom. The van der Waals surface area contributed by atoms with Crippen molar-refractivity contribution >= 4 is 57.0 Å². The van der Waals surface area contributed by atoms with Crippen molar-refractivity contribution in [1.29, 1.82) is 0 Å². The highest BCUT2D eigenvalue weighted by Gasteiger charge is 2.12. The lowest BCUT2D eigenvalue weighted by atomic mass is 10.3. The molecule has 0 aliphatic rings. The summed E-state index contributed by atoms with van der Waals surface area (Å²) in [7, 11) is 2.98. The van der Waals surface area contributed by atoms with Crippen LogP contribution in [0.2, 0.25) is 0 Å². The fourth-order valence-electron chi connectivity index (χ4n) is 2.70. The number of hydrogen-bond acceptors (Lipinski definition) is 7. The molecule has 0 N–H and O–H groups in total. The minimum absolute atomic E-state index is 0.0157. The number of aromatic nitrogens is 1. The molecule has 9 heteroatoms. The predicted molar refractivity (Wildman–Crippen MR) is 123 cm³/mol. The van der Waals surface area contributed by atoms with Crippen molar-refractivity contribution in [3.8, 4) is 5.75 Å². The number of methoxy groups -OCH3 is 2. The molecule has 1 amide bonds. The first-order chi connectivity index (χ1) is 14.5. The van der Waals surface area contributed by atoms with Gasteiger partial charge in [-0.1, -0.05) is 11.3 Å². The highest BCUT2D eigenvalue weighted by Crippen LogP contribution is 2.24.